The molecule has 0 fully saturated rings. The molecule has 0 saturated heterocycles. The van der Waals surface area contributed by atoms with Crippen molar-refractivity contribution in [2.75, 3.05) is 47.5 Å². The van der Waals surface area contributed by atoms with Gasteiger partial charge in [0, 0.05) is 12.8 Å². The van der Waals surface area contributed by atoms with Crippen LogP contribution in [0.25, 0.3) is 0 Å². The maximum absolute atomic E-state index is 12.7. The van der Waals surface area contributed by atoms with E-state index in [2.05, 4.69) is 86.8 Å². The molecule has 0 aromatic heterocycles. The Hall–Kier alpha value is -2.81. The van der Waals surface area contributed by atoms with Crippen LogP contribution in [0.5, 0.6) is 0 Å². The fraction of sp³-hybridized carbons (Fsp3) is 0.667. The lowest BCUT2D eigenvalue weighted by atomic mass is 10.1. The molecule has 0 heterocycles. The van der Waals surface area contributed by atoms with Crippen molar-refractivity contribution in [3.05, 3.63) is 85.1 Å². The van der Waals surface area contributed by atoms with E-state index in [1.807, 2.05) is 33.3 Å². The number of hydrogen-bond donors (Lipinski definition) is 0. The van der Waals surface area contributed by atoms with Crippen molar-refractivity contribution in [1.82, 2.24) is 0 Å². The van der Waals surface area contributed by atoms with Crippen molar-refractivity contribution in [2.45, 2.75) is 161 Å². The predicted octanol–water partition coefficient (Wildman–Crippen LogP) is 12.2. The van der Waals surface area contributed by atoms with Crippen LogP contribution in [0, 0.1) is 0 Å². The maximum Gasteiger partial charge on any atom is 0.306 e. The van der Waals surface area contributed by atoms with Gasteiger partial charge in [-0.05, 0) is 77.0 Å². The first kappa shape index (κ1) is 55.2. The number of esters is 2. The standard InChI is InChI=1S/C48H82NO8P/c1-6-8-10-12-14-16-18-20-22-23-24-25-27-28-30-32-34-36-38-40-47(50)54-44-46(45-56-58(52,53)55-43-42-49(3,4)5)57-48(51)41-39-37-35-33-31-29-26-21-19-17-15-13-11-9-7-2/h8,10,14,16,20-22,24-26,28,30,34,36,46H,6-7,9,11-13,15,17-19,23,27,29,31-33,35,37-45H2,1-5H3/b10-8+,16-14+,22-20+,25-24+,26-21+,30-28+,36-34+. The van der Waals surface area contributed by atoms with E-state index in [0.717, 1.165) is 70.6 Å². The van der Waals surface area contributed by atoms with E-state index in [1.54, 1.807) is 0 Å². The van der Waals surface area contributed by atoms with Gasteiger partial charge in [-0.15, -0.1) is 0 Å². The minimum absolute atomic E-state index is 0.0478. The summed E-state index contributed by atoms with van der Waals surface area (Å²) in [5.41, 5.74) is 0. The van der Waals surface area contributed by atoms with Gasteiger partial charge >= 0.3 is 11.9 Å². The summed E-state index contributed by atoms with van der Waals surface area (Å²) < 4.78 is 33.8. The zero-order valence-corrected chi connectivity index (χ0v) is 38.1. The largest absolute Gasteiger partial charge is 0.756 e. The van der Waals surface area contributed by atoms with E-state index in [-0.39, 0.29) is 26.1 Å². The molecule has 0 bridgehead atoms. The summed E-state index contributed by atoms with van der Waals surface area (Å²) in [6, 6.07) is 0. The number of quaternary nitrogens is 1. The number of hydrogen-bond acceptors (Lipinski definition) is 8. The Bertz CT molecular complexity index is 1260. The number of likely N-dealkylation sites (N-methyl/N-ethyl adjacent to an activating group) is 1. The SMILES string of the molecule is CC/C=C/C/C=C/C/C=C/C/C=C/C/C=C/C/C=C/CCC(=O)OCC(COP(=O)([O-])OCC[N+](C)(C)C)OC(=O)CCCCCCC/C=C/CCCCCCCC. The molecule has 0 saturated carbocycles. The quantitative estimate of drug-likeness (QED) is 0.0198. The van der Waals surface area contributed by atoms with Gasteiger partial charge in [-0.3, -0.25) is 14.2 Å². The van der Waals surface area contributed by atoms with Gasteiger partial charge in [-0.25, -0.2) is 0 Å². The molecule has 0 amide bonds. The van der Waals surface area contributed by atoms with E-state index in [4.69, 9.17) is 18.5 Å². The van der Waals surface area contributed by atoms with E-state index in [9.17, 15) is 19.0 Å². The molecule has 2 unspecified atom stereocenters. The normalized spacial score (nSPS) is 14.4. The summed E-state index contributed by atoms with van der Waals surface area (Å²) in [6.45, 7) is 3.99. The molecule has 10 heteroatoms. The average Bonchev–Trinajstić information content (AvgIpc) is 3.17. The highest BCUT2D eigenvalue weighted by atomic mass is 31.2. The lowest BCUT2D eigenvalue weighted by Gasteiger charge is -2.28. The van der Waals surface area contributed by atoms with Crippen LogP contribution >= 0.6 is 7.82 Å². The summed E-state index contributed by atoms with van der Waals surface area (Å²) in [6.07, 6.45) is 50.5. The monoisotopic (exact) mass is 832 g/mol. The predicted molar refractivity (Wildman–Crippen MR) is 240 cm³/mol. The lowest BCUT2D eigenvalue weighted by molar-refractivity contribution is -0.870. The second-order valence-electron chi connectivity index (χ2n) is 15.7. The molecule has 0 aliphatic carbocycles. The summed E-state index contributed by atoms with van der Waals surface area (Å²) in [5, 5.41) is 0. The molecule has 0 radical (unpaired) electrons. The first-order valence-electron chi connectivity index (χ1n) is 22.3. The highest BCUT2D eigenvalue weighted by Crippen LogP contribution is 2.38. The fourth-order valence-electron chi connectivity index (χ4n) is 5.44. The first-order valence-corrected chi connectivity index (χ1v) is 23.8. The number of ether oxygens (including phenoxy) is 2. The Balaban J connectivity index is 4.50. The number of unbranched alkanes of at least 4 members (excludes halogenated alkanes) is 11. The van der Waals surface area contributed by atoms with Gasteiger partial charge in [0.1, 0.15) is 19.8 Å². The zero-order chi connectivity index (χ0) is 42.8. The highest BCUT2D eigenvalue weighted by molar-refractivity contribution is 7.45. The Morgan fingerprint density at radius 3 is 1.53 bits per heavy atom. The number of rotatable bonds is 39. The minimum atomic E-state index is -4.65. The van der Waals surface area contributed by atoms with E-state index < -0.39 is 32.5 Å². The highest BCUT2D eigenvalue weighted by Gasteiger charge is 2.21. The van der Waals surface area contributed by atoms with Gasteiger partial charge in [-0.2, -0.15) is 0 Å². The summed E-state index contributed by atoms with van der Waals surface area (Å²) >= 11 is 0. The number of phosphoric ester groups is 1. The van der Waals surface area contributed by atoms with Crippen molar-refractivity contribution in [3.63, 3.8) is 0 Å². The molecule has 0 aromatic carbocycles. The molecular formula is C48H82NO8P. The Labute approximate surface area is 354 Å². The van der Waals surface area contributed by atoms with Crippen LogP contribution in [0.2, 0.25) is 0 Å². The summed E-state index contributed by atoms with van der Waals surface area (Å²) in [5.74, 6) is -0.950. The lowest BCUT2D eigenvalue weighted by Crippen LogP contribution is -2.37. The summed E-state index contributed by atoms with van der Waals surface area (Å²) in [7, 11) is 1.11. The van der Waals surface area contributed by atoms with Crippen LogP contribution in [-0.2, 0) is 32.7 Å². The molecule has 0 aromatic rings. The van der Waals surface area contributed by atoms with Crippen molar-refractivity contribution in [1.29, 1.82) is 0 Å². The molecule has 58 heavy (non-hydrogen) atoms. The molecule has 0 spiro atoms. The van der Waals surface area contributed by atoms with Gasteiger partial charge < -0.3 is 27.9 Å². The number of nitrogens with zero attached hydrogens (tertiary/aromatic N) is 1. The topological polar surface area (TPSA) is 111 Å². The third kappa shape index (κ3) is 42.8. The van der Waals surface area contributed by atoms with Gasteiger partial charge in [0.25, 0.3) is 7.82 Å². The Kier molecular flexibility index (Phi) is 37.7. The van der Waals surface area contributed by atoms with Crippen LogP contribution in [-0.4, -0.2) is 70.0 Å². The molecular weight excluding hydrogens is 750 g/mol. The van der Waals surface area contributed by atoms with Crippen LogP contribution in [0.4, 0.5) is 0 Å². The van der Waals surface area contributed by atoms with Crippen LogP contribution in [0.3, 0.4) is 0 Å². The smallest absolute Gasteiger partial charge is 0.306 e. The average molecular weight is 832 g/mol. The fourth-order valence-corrected chi connectivity index (χ4v) is 6.17. The van der Waals surface area contributed by atoms with Crippen molar-refractivity contribution in [2.24, 2.45) is 0 Å². The molecule has 2 atom stereocenters. The number of carbonyl (C=O) groups is 2. The van der Waals surface area contributed by atoms with Crippen LogP contribution < -0.4 is 4.89 Å². The van der Waals surface area contributed by atoms with E-state index in [0.29, 0.717) is 23.9 Å². The molecule has 0 aliphatic rings. The maximum atomic E-state index is 12.7. The van der Waals surface area contributed by atoms with Gasteiger partial charge in [0.15, 0.2) is 6.10 Å². The summed E-state index contributed by atoms with van der Waals surface area (Å²) in [4.78, 5) is 37.5. The first-order chi connectivity index (χ1) is 28.0. The number of phosphoric acid groups is 1. The van der Waals surface area contributed by atoms with Crippen molar-refractivity contribution < 1.29 is 42.1 Å². The van der Waals surface area contributed by atoms with Gasteiger partial charge in [-0.1, -0.05) is 150 Å². The molecule has 0 rings (SSSR count). The molecule has 9 nitrogen and oxygen atoms in total. The second-order valence-corrected chi connectivity index (χ2v) is 17.1. The Morgan fingerprint density at radius 2 is 1.02 bits per heavy atom. The van der Waals surface area contributed by atoms with Crippen LogP contribution in [0.1, 0.15) is 155 Å². The molecule has 332 valence electrons. The van der Waals surface area contributed by atoms with E-state index in [1.165, 1.54) is 44.9 Å². The van der Waals surface area contributed by atoms with Crippen molar-refractivity contribution in [3.8, 4) is 0 Å². The minimum Gasteiger partial charge on any atom is -0.756 e. The van der Waals surface area contributed by atoms with Crippen LogP contribution in [0.15, 0.2) is 85.1 Å². The number of carbonyl (C=O) groups excluding carboxylic acids is 2. The van der Waals surface area contributed by atoms with Gasteiger partial charge in [0.2, 0.25) is 0 Å². The zero-order valence-electron chi connectivity index (χ0n) is 37.2. The molecule has 0 N–H and O–H groups in total. The third-order valence-corrected chi connectivity index (χ3v) is 9.88. The third-order valence-electron chi connectivity index (χ3n) is 8.91. The Morgan fingerprint density at radius 1 is 0.552 bits per heavy atom. The van der Waals surface area contributed by atoms with E-state index >= 15 is 0 Å². The second kappa shape index (κ2) is 39.6. The van der Waals surface area contributed by atoms with Gasteiger partial charge in [0.05, 0.1) is 27.7 Å². The molecule has 0 aliphatic heterocycles. The van der Waals surface area contributed by atoms with Crippen molar-refractivity contribution >= 4 is 19.8 Å². The number of allylic oxidation sites excluding steroid dienone is 14.